The van der Waals surface area contributed by atoms with Gasteiger partial charge in [0.25, 0.3) is 0 Å². The third kappa shape index (κ3) is 2.62. The largest absolute Gasteiger partial charge is 0.369 e. The second-order valence-electron chi connectivity index (χ2n) is 1.16. The summed E-state index contributed by atoms with van der Waals surface area (Å²) in [5, 5.41) is 0. The molecule has 1 radical (unpaired) electrons. The number of hydrogen-bond donors (Lipinski definition) is 1. The third-order valence-electron chi connectivity index (χ3n) is 0.562. The molecule has 1 atom stereocenters. The number of nitrogens with two attached hydrogens (primary N) is 1. The van der Waals surface area contributed by atoms with E-state index in [4.69, 9.17) is 5.73 Å². The van der Waals surface area contributed by atoms with Crippen molar-refractivity contribution in [1.29, 1.82) is 0 Å². The Bertz CT molecular complexity index is 74.1. The van der Waals surface area contributed by atoms with E-state index in [1.807, 2.05) is 0 Å². The van der Waals surface area contributed by atoms with Gasteiger partial charge in [-0.1, -0.05) is 22.9 Å². The Balaban J connectivity index is 3.34. The highest BCUT2D eigenvalue weighted by Gasteiger charge is 2.04. The van der Waals surface area contributed by atoms with Crippen LogP contribution >= 0.6 is 15.9 Å². The zero-order valence-electron chi connectivity index (χ0n) is 3.86. The van der Waals surface area contributed by atoms with Gasteiger partial charge >= 0.3 is 0 Å². The van der Waals surface area contributed by atoms with Crippen molar-refractivity contribution < 1.29 is 4.79 Å². The summed E-state index contributed by atoms with van der Waals surface area (Å²) in [5.41, 5.74) is 4.82. The summed E-state index contributed by atoms with van der Waals surface area (Å²) in [6.45, 7) is 3.46. The van der Waals surface area contributed by atoms with E-state index in [9.17, 15) is 4.79 Å². The van der Waals surface area contributed by atoms with Gasteiger partial charge in [0, 0.05) is 0 Å². The number of halogens is 1. The summed E-state index contributed by atoms with van der Waals surface area (Å²) in [5.74, 6) is -0.352. The lowest BCUT2D eigenvalue weighted by molar-refractivity contribution is -0.117. The number of hydrogen-bond acceptors (Lipinski definition) is 1. The molecule has 0 aromatic heterocycles. The highest BCUT2D eigenvalue weighted by atomic mass is 79.9. The van der Waals surface area contributed by atoms with Crippen LogP contribution in [0.1, 0.15) is 6.42 Å². The SMILES string of the molecule is [CH2]CC(Br)C(N)=O. The molecule has 0 aliphatic rings. The van der Waals surface area contributed by atoms with E-state index in [1.54, 1.807) is 0 Å². The van der Waals surface area contributed by atoms with Crippen LogP contribution in [0.5, 0.6) is 0 Å². The molecule has 2 N–H and O–H groups in total. The molecular formula is C4H7BrNO. The van der Waals surface area contributed by atoms with Gasteiger partial charge in [-0.25, -0.2) is 0 Å². The topological polar surface area (TPSA) is 43.1 Å². The Morgan fingerprint density at radius 3 is 2.43 bits per heavy atom. The Morgan fingerprint density at radius 1 is 2.00 bits per heavy atom. The van der Waals surface area contributed by atoms with Crippen LogP contribution in [0.4, 0.5) is 0 Å². The van der Waals surface area contributed by atoms with Crippen LogP contribution in [0.3, 0.4) is 0 Å². The number of primary amides is 1. The van der Waals surface area contributed by atoms with E-state index >= 15 is 0 Å². The first kappa shape index (κ1) is 6.95. The van der Waals surface area contributed by atoms with Crippen LogP contribution in [0.15, 0.2) is 0 Å². The summed E-state index contributed by atoms with van der Waals surface area (Å²) in [6.07, 6.45) is 0.509. The van der Waals surface area contributed by atoms with Crippen molar-refractivity contribution in [2.75, 3.05) is 0 Å². The number of carbonyl (C=O) groups excluding carboxylic acids is 1. The van der Waals surface area contributed by atoms with E-state index in [2.05, 4.69) is 22.9 Å². The van der Waals surface area contributed by atoms with Gasteiger partial charge in [-0.15, -0.1) is 0 Å². The van der Waals surface area contributed by atoms with Crippen molar-refractivity contribution in [3.8, 4) is 0 Å². The lowest BCUT2D eigenvalue weighted by Gasteiger charge is -1.95. The maximum absolute atomic E-state index is 10.1. The second-order valence-corrected chi connectivity index (χ2v) is 2.26. The zero-order chi connectivity index (χ0) is 5.86. The normalized spacial score (nSPS) is 13.4. The third-order valence-corrected chi connectivity index (χ3v) is 1.47. The van der Waals surface area contributed by atoms with Crippen LogP contribution in [-0.2, 0) is 4.79 Å². The van der Waals surface area contributed by atoms with Gasteiger partial charge in [-0.2, -0.15) is 0 Å². The van der Waals surface area contributed by atoms with Gasteiger partial charge in [0.2, 0.25) is 5.91 Å². The maximum atomic E-state index is 10.1. The lowest BCUT2D eigenvalue weighted by Crippen LogP contribution is -2.21. The zero-order valence-corrected chi connectivity index (χ0v) is 5.44. The minimum absolute atomic E-state index is 0.257. The Hall–Kier alpha value is -0.0500. The molecule has 0 spiro atoms. The molecule has 0 saturated heterocycles. The number of rotatable bonds is 2. The first-order valence-electron chi connectivity index (χ1n) is 1.91. The summed E-state index contributed by atoms with van der Waals surface area (Å²) < 4.78 is 0. The lowest BCUT2D eigenvalue weighted by atomic mass is 10.3. The van der Waals surface area contributed by atoms with Gasteiger partial charge in [-0.3, -0.25) is 4.79 Å². The van der Waals surface area contributed by atoms with Crippen LogP contribution in [0.2, 0.25) is 0 Å². The van der Waals surface area contributed by atoms with E-state index < -0.39 is 0 Å². The van der Waals surface area contributed by atoms with Crippen LogP contribution in [-0.4, -0.2) is 10.7 Å². The summed E-state index contributed by atoms with van der Waals surface area (Å²) >= 11 is 3.00. The van der Waals surface area contributed by atoms with E-state index in [0.29, 0.717) is 6.42 Å². The van der Waals surface area contributed by atoms with Gasteiger partial charge in [0.1, 0.15) is 0 Å². The monoisotopic (exact) mass is 164 g/mol. The summed E-state index contributed by atoms with van der Waals surface area (Å²) in [6, 6.07) is 0. The molecule has 0 saturated carbocycles. The highest BCUT2D eigenvalue weighted by Crippen LogP contribution is 2.00. The predicted molar refractivity (Wildman–Crippen MR) is 31.9 cm³/mol. The molecule has 0 aliphatic carbocycles. The first-order chi connectivity index (χ1) is 3.18. The Kier molecular flexibility index (Phi) is 3.00. The standard InChI is InChI=1S/C4H7BrNO/c1-2-3(5)4(6)7/h3H,1-2H2,(H2,6,7). The molecule has 0 rings (SSSR count). The van der Waals surface area contributed by atoms with Crippen molar-refractivity contribution >= 4 is 21.8 Å². The summed E-state index contributed by atoms with van der Waals surface area (Å²) in [7, 11) is 0. The van der Waals surface area contributed by atoms with E-state index in [-0.39, 0.29) is 10.7 Å². The molecule has 0 aromatic rings. The van der Waals surface area contributed by atoms with Gasteiger partial charge in [-0.05, 0) is 6.42 Å². The minimum atomic E-state index is -0.352. The fourth-order valence-corrected chi connectivity index (χ4v) is 0.142. The highest BCUT2D eigenvalue weighted by molar-refractivity contribution is 9.10. The molecule has 0 aliphatic heterocycles. The van der Waals surface area contributed by atoms with Crippen LogP contribution in [0, 0.1) is 6.92 Å². The fourth-order valence-electron chi connectivity index (χ4n) is 0.142. The fraction of sp³-hybridized carbons (Fsp3) is 0.500. The van der Waals surface area contributed by atoms with Gasteiger partial charge < -0.3 is 5.73 Å². The smallest absolute Gasteiger partial charge is 0.231 e. The summed E-state index contributed by atoms with van der Waals surface area (Å²) in [4.78, 5) is 9.81. The van der Waals surface area contributed by atoms with E-state index in [0.717, 1.165) is 0 Å². The maximum Gasteiger partial charge on any atom is 0.231 e. The first-order valence-corrected chi connectivity index (χ1v) is 2.82. The predicted octanol–water partition coefficient (Wildman–Crippen LogP) is 0.459. The molecule has 41 valence electrons. The van der Waals surface area contributed by atoms with Crippen molar-refractivity contribution in [3.05, 3.63) is 6.92 Å². The van der Waals surface area contributed by atoms with Crippen molar-refractivity contribution in [3.63, 3.8) is 0 Å². The van der Waals surface area contributed by atoms with Crippen molar-refractivity contribution in [2.45, 2.75) is 11.2 Å². The van der Waals surface area contributed by atoms with Gasteiger partial charge in [0.05, 0.1) is 4.83 Å². The number of alkyl halides is 1. The van der Waals surface area contributed by atoms with Gasteiger partial charge in [0.15, 0.2) is 0 Å². The number of amides is 1. The van der Waals surface area contributed by atoms with E-state index in [1.165, 1.54) is 0 Å². The molecule has 7 heavy (non-hydrogen) atoms. The van der Waals surface area contributed by atoms with Crippen molar-refractivity contribution in [1.82, 2.24) is 0 Å². The molecule has 2 nitrogen and oxygen atoms in total. The molecule has 1 amide bonds. The molecule has 0 heterocycles. The quantitative estimate of drug-likeness (QED) is 0.593. The molecule has 1 unspecified atom stereocenters. The van der Waals surface area contributed by atoms with Crippen molar-refractivity contribution in [2.24, 2.45) is 5.73 Å². The minimum Gasteiger partial charge on any atom is -0.369 e. The second kappa shape index (κ2) is 3.02. The Labute approximate surface area is 51.2 Å². The average molecular weight is 165 g/mol. The number of carbonyl (C=O) groups is 1. The average Bonchev–Trinajstić information content (AvgIpc) is 1.65. The Morgan fingerprint density at radius 2 is 2.43 bits per heavy atom. The molecular weight excluding hydrogens is 158 g/mol. The molecule has 0 aromatic carbocycles. The molecule has 0 bridgehead atoms. The van der Waals surface area contributed by atoms with Crippen LogP contribution < -0.4 is 5.73 Å². The molecule has 3 heteroatoms. The van der Waals surface area contributed by atoms with Crippen LogP contribution in [0.25, 0.3) is 0 Å². The molecule has 0 fully saturated rings.